The number of rotatable bonds is 5. The van der Waals surface area contributed by atoms with Crippen molar-refractivity contribution in [2.24, 2.45) is 5.92 Å². The average Bonchev–Trinajstić information content (AvgIpc) is 2.93. The molecule has 1 aromatic rings. The van der Waals surface area contributed by atoms with Crippen LogP contribution >= 0.6 is 15.9 Å². The van der Waals surface area contributed by atoms with Gasteiger partial charge in [0.05, 0.1) is 6.61 Å². The number of nitrogens with zero attached hydrogens (tertiary/aromatic N) is 1. The topological polar surface area (TPSA) is 57.6 Å². The minimum absolute atomic E-state index is 0.0304. The first-order valence-corrected chi connectivity index (χ1v) is 9.14. The molecule has 1 aliphatic carbocycles. The molecule has 1 aliphatic rings. The molecule has 0 aliphatic heterocycles. The van der Waals surface area contributed by atoms with E-state index in [-0.39, 0.29) is 10.5 Å². The molecule has 4 nitrogen and oxygen atoms in total. The molecule has 1 saturated carbocycles. The van der Waals surface area contributed by atoms with E-state index in [4.69, 9.17) is 5.11 Å². The van der Waals surface area contributed by atoms with Crippen molar-refractivity contribution in [3.63, 3.8) is 0 Å². The van der Waals surface area contributed by atoms with Gasteiger partial charge in [-0.3, -0.25) is 0 Å². The van der Waals surface area contributed by atoms with Crippen molar-refractivity contribution in [2.75, 3.05) is 13.6 Å². The normalized spacial score (nSPS) is 16.8. The predicted octanol–water partition coefficient (Wildman–Crippen LogP) is 2.89. The second-order valence-corrected chi connectivity index (χ2v) is 8.40. The van der Waals surface area contributed by atoms with Gasteiger partial charge >= 0.3 is 0 Å². The van der Waals surface area contributed by atoms with Crippen LogP contribution in [0.2, 0.25) is 0 Å². The Labute approximate surface area is 133 Å². The van der Waals surface area contributed by atoms with Crippen LogP contribution in [0.3, 0.4) is 0 Å². The summed E-state index contributed by atoms with van der Waals surface area (Å²) in [5.41, 5.74) is -0.0304. The minimum atomic E-state index is -3.89. The largest absolute Gasteiger partial charge is 0.392 e. The van der Waals surface area contributed by atoms with Crippen molar-refractivity contribution >= 4 is 26.0 Å². The third-order valence-electron chi connectivity index (χ3n) is 3.93. The minimum Gasteiger partial charge on any atom is -0.392 e. The molecule has 0 heterocycles. The predicted molar refractivity (Wildman–Crippen MR) is 81.8 cm³/mol. The fourth-order valence-electron chi connectivity index (χ4n) is 2.74. The molecule has 118 valence electrons. The van der Waals surface area contributed by atoms with Crippen LogP contribution in [0, 0.1) is 11.7 Å². The Hall–Kier alpha value is -0.500. The zero-order chi connectivity index (χ0) is 15.6. The molecule has 0 amide bonds. The van der Waals surface area contributed by atoms with Crippen molar-refractivity contribution < 1.29 is 17.9 Å². The highest BCUT2D eigenvalue weighted by Gasteiger charge is 2.29. The first kappa shape index (κ1) is 16.9. The highest BCUT2D eigenvalue weighted by atomic mass is 79.9. The van der Waals surface area contributed by atoms with E-state index in [0.717, 1.165) is 25.7 Å². The number of hydrogen-bond donors (Lipinski definition) is 1. The van der Waals surface area contributed by atoms with E-state index in [1.54, 1.807) is 0 Å². The van der Waals surface area contributed by atoms with Crippen molar-refractivity contribution in [3.8, 4) is 0 Å². The van der Waals surface area contributed by atoms with Gasteiger partial charge in [-0.25, -0.2) is 17.1 Å². The fraction of sp³-hybridized carbons (Fsp3) is 0.571. The van der Waals surface area contributed by atoms with Crippen LogP contribution in [-0.2, 0) is 16.6 Å². The van der Waals surface area contributed by atoms with Gasteiger partial charge in [0.2, 0.25) is 10.0 Å². The van der Waals surface area contributed by atoms with E-state index in [9.17, 15) is 12.8 Å². The van der Waals surface area contributed by atoms with Crippen LogP contribution in [-0.4, -0.2) is 31.4 Å². The van der Waals surface area contributed by atoms with Crippen molar-refractivity contribution in [1.29, 1.82) is 0 Å². The Morgan fingerprint density at radius 1 is 1.38 bits per heavy atom. The lowest BCUT2D eigenvalue weighted by molar-refractivity contribution is 0.274. The number of aliphatic hydroxyl groups excluding tert-OH is 1. The molecule has 1 fully saturated rings. The molecule has 1 aromatic carbocycles. The summed E-state index contributed by atoms with van der Waals surface area (Å²) in [6.07, 6.45) is 4.28. The van der Waals surface area contributed by atoms with Gasteiger partial charge in [-0.15, -0.1) is 0 Å². The summed E-state index contributed by atoms with van der Waals surface area (Å²) in [6, 6.07) is 2.63. The van der Waals surface area contributed by atoms with Gasteiger partial charge in [-0.05, 0) is 30.9 Å². The number of aliphatic hydroxyl groups is 1. The molecule has 0 aromatic heterocycles. The lowest BCUT2D eigenvalue weighted by atomic mass is 10.1. The summed E-state index contributed by atoms with van der Waals surface area (Å²) in [5, 5.41) is 9.13. The second-order valence-electron chi connectivity index (χ2n) is 5.47. The van der Waals surface area contributed by atoms with E-state index >= 15 is 0 Å². The molecule has 0 bridgehead atoms. The molecule has 21 heavy (non-hydrogen) atoms. The molecule has 0 spiro atoms. The summed E-state index contributed by atoms with van der Waals surface area (Å²) in [5.74, 6) is -0.531. The van der Waals surface area contributed by atoms with Gasteiger partial charge in [-0.2, -0.15) is 0 Å². The van der Waals surface area contributed by atoms with Crippen LogP contribution in [0.4, 0.5) is 4.39 Å². The highest BCUT2D eigenvalue weighted by Crippen LogP contribution is 2.29. The second kappa shape index (κ2) is 6.73. The number of hydrogen-bond acceptors (Lipinski definition) is 3. The van der Waals surface area contributed by atoms with Crippen molar-refractivity contribution in [3.05, 3.63) is 28.0 Å². The summed E-state index contributed by atoms with van der Waals surface area (Å²) in [6.45, 7) is -0.136. The summed E-state index contributed by atoms with van der Waals surface area (Å²) >= 11 is 3.16. The molecule has 0 atom stereocenters. The van der Waals surface area contributed by atoms with Gasteiger partial charge in [0, 0.05) is 23.6 Å². The maximum absolute atomic E-state index is 14.2. The van der Waals surface area contributed by atoms with Gasteiger partial charge in [0.25, 0.3) is 0 Å². The molecule has 7 heteroatoms. The molecular weight excluding hydrogens is 361 g/mol. The van der Waals surface area contributed by atoms with E-state index in [1.807, 2.05) is 0 Å². The summed E-state index contributed by atoms with van der Waals surface area (Å²) < 4.78 is 41.0. The van der Waals surface area contributed by atoms with E-state index in [1.165, 1.54) is 23.5 Å². The van der Waals surface area contributed by atoms with Crippen LogP contribution in [0.5, 0.6) is 0 Å². The van der Waals surface area contributed by atoms with Crippen LogP contribution in [0.1, 0.15) is 31.2 Å². The smallest absolute Gasteiger partial charge is 0.245 e. The molecule has 2 rings (SSSR count). The Bertz CT molecular complexity index is 615. The third-order valence-corrected chi connectivity index (χ3v) is 6.21. The number of benzene rings is 1. The fourth-order valence-corrected chi connectivity index (χ4v) is 4.78. The zero-order valence-corrected chi connectivity index (χ0v) is 14.3. The molecule has 0 radical (unpaired) electrons. The van der Waals surface area contributed by atoms with E-state index < -0.39 is 22.4 Å². The van der Waals surface area contributed by atoms with Crippen LogP contribution in [0.15, 0.2) is 21.5 Å². The first-order valence-electron chi connectivity index (χ1n) is 6.91. The van der Waals surface area contributed by atoms with Crippen LogP contribution < -0.4 is 0 Å². The molecule has 0 unspecified atom stereocenters. The maximum atomic E-state index is 14.2. The monoisotopic (exact) mass is 379 g/mol. The Morgan fingerprint density at radius 3 is 2.57 bits per heavy atom. The first-order chi connectivity index (χ1) is 9.86. The van der Waals surface area contributed by atoms with Crippen molar-refractivity contribution in [2.45, 2.75) is 37.2 Å². The standard InChI is InChI=1S/C14H19BrFNO3S/c1-17(8-10-4-2-3-5-10)21(19,20)13-7-12(15)6-11(9-18)14(13)16/h6-7,10,18H,2-5,8-9H2,1H3. The van der Waals surface area contributed by atoms with E-state index in [2.05, 4.69) is 15.9 Å². The molecule has 1 N–H and O–H groups in total. The Balaban J connectivity index is 2.32. The van der Waals surface area contributed by atoms with Crippen molar-refractivity contribution in [1.82, 2.24) is 4.31 Å². The zero-order valence-electron chi connectivity index (χ0n) is 11.8. The lowest BCUT2D eigenvalue weighted by Gasteiger charge is -2.21. The van der Waals surface area contributed by atoms with E-state index in [0.29, 0.717) is 16.9 Å². The van der Waals surface area contributed by atoms with Gasteiger partial charge in [0.15, 0.2) is 0 Å². The Morgan fingerprint density at radius 2 is 2.00 bits per heavy atom. The molecular formula is C14H19BrFNO3S. The third kappa shape index (κ3) is 3.64. The SMILES string of the molecule is CN(CC1CCCC1)S(=O)(=O)c1cc(Br)cc(CO)c1F. The average molecular weight is 380 g/mol. The molecule has 0 saturated heterocycles. The Kier molecular flexibility index (Phi) is 5.40. The summed E-state index contributed by atoms with van der Waals surface area (Å²) in [4.78, 5) is -0.388. The highest BCUT2D eigenvalue weighted by molar-refractivity contribution is 9.10. The van der Waals surface area contributed by atoms with Crippen LogP contribution in [0.25, 0.3) is 0 Å². The van der Waals surface area contributed by atoms with Gasteiger partial charge in [0.1, 0.15) is 10.7 Å². The number of sulfonamides is 1. The lowest BCUT2D eigenvalue weighted by Crippen LogP contribution is -2.32. The van der Waals surface area contributed by atoms with Gasteiger partial charge < -0.3 is 5.11 Å². The maximum Gasteiger partial charge on any atom is 0.245 e. The van der Waals surface area contributed by atoms with Gasteiger partial charge in [-0.1, -0.05) is 28.8 Å². The number of halogens is 2. The summed E-state index contributed by atoms with van der Waals surface area (Å²) in [7, 11) is -2.42. The quantitative estimate of drug-likeness (QED) is 0.855.